The molecule has 0 radical (unpaired) electrons. The molecule has 2 aromatic carbocycles. The Kier molecular flexibility index (Phi) is 6.77. The van der Waals surface area contributed by atoms with Crippen molar-refractivity contribution in [1.82, 2.24) is 10.0 Å². The molecule has 4 N–H and O–H groups in total. The number of primary sulfonamides is 1. The van der Waals surface area contributed by atoms with Crippen LogP contribution in [0.3, 0.4) is 0 Å². The summed E-state index contributed by atoms with van der Waals surface area (Å²) in [5, 5.41) is 7.62. The first kappa shape index (κ1) is 21.8. The van der Waals surface area contributed by atoms with Crippen molar-refractivity contribution >= 4 is 26.0 Å². The minimum absolute atomic E-state index is 0.00574. The molecule has 0 aliphatic heterocycles. The number of rotatable bonds is 8. The summed E-state index contributed by atoms with van der Waals surface area (Å²) in [6.07, 6.45) is 0. The number of nitrogens with one attached hydrogen (secondary N) is 2. The summed E-state index contributed by atoms with van der Waals surface area (Å²) in [5.74, 6) is -0.0652. The summed E-state index contributed by atoms with van der Waals surface area (Å²) in [6, 6.07) is 10.5. The van der Waals surface area contributed by atoms with Gasteiger partial charge in [0.25, 0.3) is 0 Å². The number of amides is 1. The second-order valence-corrected chi connectivity index (χ2v) is 9.20. The molecule has 1 atom stereocenters. The highest BCUT2D eigenvalue weighted by Gasteiger charge is 2.22. The summed E-state index contributed by atoms with van der Waals surface area (Å²) in [5.41, 5.74) is 0.505. The van der Waals surface area contributed by atoms with Crippen molar-refractivity contribution in [2.75, 3.05) is 7.11 Å². The van der Waals surface area contributed by atoms with Crippen molar-refractivity contribution in [2.45, 2.75) is 29.3 Å². The highest BCUT2D eigenvalue weighted by atomic mass is 32.2. The van der Waals surface area contributed by atoms with Gasteiger partial charge in [-0.3, -0.25) is 4.79 Å². The van der Waals surface area contributed by atoms with Gasteiger partial charge < -0.3 is 10.1 Å². The lowest BCUT2D eigenvalue weighted by molar-refractivity contribution is -0.122. The molecule has 2 aromatic rings. The standard InChI is InChI=1S/C17H21N3O6S2/c1-12(20-28(24,25)15-8-6-14(26-2)7-9-15)17(21)19-11-13-4-3-5-16(10-13)27(18,22)23/h3-10,12,20H,11H2,1-2H3,(H,19,21)(H2,18,22,23)/t12-/m0/s1. The molecule has 0 heterocycles. The average Bonchev–Trinajstić information content (AvgIpc) is 2.65. The SMILES string of the molecule is COc1ccc(S(=O)(=O)N[C@@H](C)C(=O)NCc2cccc(S(N)(=O)=O)c2)cc1. The fourth-order valence-electron chi connectivity index (χ4n) is 2.28. The zero-order valence-corrected chi connectivity index (χ0v) is 16.9. The Hall–Kier alpha value is -2.47. The minimum Gasteiger partial charge on any atom is -0.497 e. The number of ether oxygens (including phenoxy) is 1. The summed E-state index contributed by atoms with van der Waals surface area (Å²) in [7, 11) is -6.29. The maximum absolute atomic E-state index is 12.4. The molecular weight excluding hydrogens is 406 g/mol. The average molecular weight is 428 g/mol. The van der Waals surface area contributed by atoms with Crippen LogP contribution < -0.4 is 19.9 Å². The monoisotopic (exact) mass is 427 g/mol. The van der Waals surface area contributed by atoms with Crippen LogP contribution >= 0.6 is 0 Å². The van der Waals surface area contributed by atoms with Crippen LogP contribution in [-0.2, 0) is 31.4 Å². The fraction of sp³-hybridized carbons (Fsp3) is 0.235. The van der Waals surface area contributed by atoms with Gasteiger partial charge in [0.05, 0.1) is 22.9 Å². The molecule has 0 aliphatic carbocycles. The highest BCUT2D eigenvalue weighted by molar-refractivity contribution is 7.89. The third kappa shape index (κ3) is 5.76. The zero-order valence-electron chi connectivity index (χ0n) is 15.2. The molecule has 0 aromatic heterocycles. The van der Waals surface area contributed by atoms with E-state index in [-0.39, 0.29) is 16.3 Å². The van der Waals surface area contributed by atoms with Crippen LogP contribution in [0, 0.1) is 0 Å². The molecule has 2 rings (SSSR count). The summed E-state index contributed by atoms with van der Waals surface area (Å²) in [4.78, 5) is 12.1. The van der Waals surface area contributed by atoms with E-state index in [4.69, 9.17) is 9.88 Å². The summed E-state index contributed by atoms with van der Waals surface area (Å²) in [6.45, 7) is 1.41. The van der Waals surface area contributed by atoms with Crippen molar-refractivity contribution in [2.24, 2.45) is 5.14 Å². The number of sulfonamides is 2. The van der Waals surface area contributed by atoms with Crippen molar-refractivity contribution in [3.05, 3.63) is 54.1 Å². The Morgan fingerprint density at radius 3 is 2.29 bits per heavy atom. The Morgan fingerprint density at radius 1 is 1.07 bits per heavy atom. The van der Waals surface area contributed by atoms with E-state index in [1.165, 1.54) is 56.5 Å². The molecule has 28 heavy (non-hydrogen) atoms. The Morgan fingerprint density at radius 2 is 1.71 bits per heavy atom. The van der Waals surface area contributed by atoms with E-state index >= 15 is 0 Å². The van der Waals surface area contributed by atoms with E-state index in [1.807, 2.05) is 0 Å². The van der Waals surface area contributed by atoms with Crippen molar-refractivity contribution in [3.63, 3.8) is 0 Å². The number of hydrogen-bond acceptors (Lipinski definition) is 6. The number of methoxy groups -OCH3 is 1. The van der Waals surface area contributed by atoms with Gasteiger partial charge in [-0.05, 0) is 48.9 Å². The minimum atomic E-state index is -3.90. The van der Waals surface area contributed by atoms with Gasteiger partial charge in [-0.15, -0.1) is 0 Å². The van der Waals surface area contributed by atoms with Crippen LogP contribution in [0.4, 0.5) is 0 Å². The summed E-state index contributed by atoms with van der Waals surface area (Å²) < 4.78 is 54.7. The van der Waals surface area contributed by atoms with E-state index in [9.17, 15) is 21.6 Å². The van der Waals surface area contributed by atoms with Crippen LogP contribution in [0.15, 0.2) is 58.3 Å². The Bertz CT molecular complexity index is 1050. The van der Waals surface area contributed by atoms with Gasteiger partial charge in [-0.2, -0.15) is 4.72 Å². The normalized spacial score (nSPS) is 13.0. The maximum Gasteiger partial charge on any atom is 0.241 e. The first-order chi connectivity index (χ1) is 13.0. The van der Waals surface area contributed by atoms with Crippen LogP contribution in [0.5, 0.6) is 5.75 Å². The molecule has 0 unspecified atom stereocenters. The molecule has 1 amide bonds. The van der Waals surface area contributed by atoms with Gasteiger partial charge >= 0.3 is 0 Å². The van der Waals surface area contributed by atoms with Gasteiger partial charge in [0.15, 0.2) is 0 Å². The number of nitrogens with two attached hydrogens (primary N) is 1. The molecular formula is C17H21N3O6S2. The van der Waals surface area contributed by atoms with Gasteiger partial charge in [0.1, 0.15) is 5.75 Å². The molecule has 0 bridgehead atoms. The number of hydrogen-bond donors (Lipinski definition) is 3. The number of carbonyl (C=O) groups excluding carboxylic acids is 1. The van der Waals surface area contributed by atoms with Gasteiger partial charge in [-0.1, -0.05) is 12.1 Å². The Labute approximate surface area is 164 Å². The van der Waals surface area contributed by atoms with E-state index < -0.39 is 32.0 Å². The predicted octanol–water partition coefficient (Wildman–Crippen LogP) is 0.326. The first-order valence-corrected chi connectivity index (χ1v) is 11.1. The fourth-order valence-corrected chi connectivity index (χ4v) is 4.07. The van der Waals surface area contributed by atoms with Crippen molar-refractivity contribution in [3.8, 4) is 5.75 Å². The van der Waals surface area contributed by atoms with Crippen LogP contribution in [0.25, 0.3) is 0 Å². The van der Waals surface area contributed by atoms with Crippen molar-refractivity contribution < 1.29 is 26.4 Å². The highest BCUT2D eigenvalue weighted by Crippen LogP contribution is 2.15. The van der Waals surface area contributed by atoms with Gasteiger partial charge in [-0.25, -0.2) is 22.0 Å². The quantitative estimate of drug-likeness (QED) is 0.553. The van der Waals surface area contributed by atoms with Gasteiger partial charge in [0.2, 0.25) is 26.0 Å². The molecule has 9 nitrogen and oxygen atoms in total. The third-order valence-electron chi connectivity index (χ3n) is 3.79. The molecule has 152 valence electrons. The first-order valence-electron chi connectivity index (χ1n) is 8.09. The zero-order chi connectivity index (χ0) is 20.9. The van der Waals surface area contributed by atoms with Crippen LogP contribution in [0.2, 0.25) is 0 Å². The molecule has 0 saturated heterocycles. The number of benzene rings is 2. The summed E-state index contributed by atoms with van der Waals surface area (Å²) >= 11 is 0. The van der Waals surface area contributed by atoms with Gasteiger partial charge in [0, 0.05) is 6.54 Å². The second-order valence-electron chi connectivity index (χ2n) is 5.93. The molecule has 0 saturated carbocycles. The lowest BCUT2D eigenvalue weighted by Crippen LogP contribution is -2.44. The molecule has 11 heteroatoms. The van der Waals surface area contributed by atoms with E-state index in [0.717, 1.165) is 0 Å². The second kappa shape index (κ2) is 8.69. The lowest BCUT2D eigenvalue weighted by Gasteiger charge is -2.15. The van der Waals surface area contributed by atoms with E-state index in [1.54, 1.807) is 6.07 Å². The van der Waals surface area contributed by atoms with E-state index in [0.29, 0.717) is 11.3 Å². The predicted molar refractivity (Wildman–Crippen MR) is 102 cm³/mol. The van der Waals surface area contributed by atoms with Crippen LogP contribution in [-0.4, -0.2) is 35.9 Å². The molecule has 0 spiro atoms. The third-order valence-corrected chi connectivity index (χ3v) is 6.26. The van der Waals surface area contributed by atoms with E-state index in [2.05, 4.69) is 10.0 Å². The molecule has 0 fully saturated rings. The maximum atomic E-state index is 12.4. The largest absolute Gasteiger partial charge is 0.497 e. The smallest absolute Gasteiger partial charge is 0.241 e. The molecule has 0 aliphatic rings. The van der Waals surface area contributed by atoms with Crippen LogP contribution in [0.1, 0.15) is 12.5 Å². The Balaban J connectivity index is 2.00. The number of carbonyl (C=O) groups is 1. The van der Waals surface area contributed by atoms with Crippen molar-refractivity contribution in [1.29, 1.82) is 0 Å². The topological polar surface area (TPSA) is 145 Å². The lowest BCUT2D eigenvalue weighted by atomic mass is 10.2.